The summed E-state index contributed by atoms with van der Waals surface area (Å²) in [6.45, 7) is 6.17. The minimum absolute atomic E-state index is 0.421. The molecular weight excluding hydrogens is 226 g/mol. The van der Waals surface area contributed by atoms with Gasteiger partial charge in [-0.15, -0.1) is 0 Å². The predicted molar refractivity (Wildman–Crippen MR) is 72.6 cm³/mol. The van der Waals surface area contributed by atoms with Gasteiger partial charge in [-0.05, 0) is 43.2 Å². The molecule has 1 aromatic heterocycles. The molecule has 1 aliphatic heterocycles. The van der Waals surface area contributed by atoms with Gasteiger partial charge in [-0.1, -0.05) is 6.92 Å². The van der Waals surface area contributed by atoms with Crippen molar-refractivity contribution in [2.45, 2.75) is 32.6 Å². The number of hydrogen-bond acceptors (Lipinski definition) is 3. The molecule has 0 spiro atoms. The molecule has 0 atom stereocenters. The van der Waals surface area contributed by atoms with Crippen LogP contribution >= 0.6 is 0 Å². The first-order valence-corrected chi connectivity index (χ1v) is 7.00. The van der Waals surface area contributed by atoms with E-state index < -0.39 is 0 Å². The van der Waals surface area contributed by atoms with Crippen LogP contribution in [-0.2, 0) is 18.2 Å². The van der Waals surface area contributed by atoms with Crippen molar-refractivity contribution in [1.29, 1.82) is 0 Å². The minimum atomic E-state index is 0.421. The third-order valence-corrected chi connectivity index (χ3v) is 4.01. The Balaban J connectivity index is 1.91. The van der Waals surface area contributed by atoms with E-state index in [4.69, 9.17) is 4.74 Å². The molecule has 1 saturated heterocycles. The number of aromatic nitrogens is 2. The molecule has 1 N–H and O–H groups in total. The lowest BCUT2D eigenvalue weighted by Gasteiger charge is -2.37. The van der Waals surface area contributed by atoms with Crippen molar-refractivity contribution in [2.75, 3.05) is 26.3 Å². The number of nitrogens with one attached hydrogen (secondary N) is 1. The molecule has 0 saturated carbocycles. The number of hydrogen-bond donors (Lipinski definition) is 1. The Bertz CT molecular complexity index is 356. The first-order valence-electron chi connectivity index (χ1n) is 7.00. The SMILES string of the molecule is CCNCC1(CCc2cnn(C)c2)CCOCC1. The molecule has 2 heterocycles. The van der Waals surface area contributed by atoms with Crippen LogP contribution in [-0.4, -0.2) is 36.1 Å². The number of rotatable bonds is 6. The Labute approximate surface area is 110 Å². The lowest BCUT2D eigenvalue weighted by atomic mass is 9.75. The van der Waals surface area contributed by atoms with E-state index in [0.717, 1.165) is 32.7 Å². The minimum Gasteiger partial charge on any atom is -0.381 e. The van der Waals surface area contributed by atoms with E-state index in [-0.39, 0.29) is 0 Å². The maximum absolute atomic E-state index is 5.52. The van der Waals surface area contributed by atoms with Gasteiger partial charge in [-0.25, -0.2) is 0 Å². The average molecular weight is 251 g/mol. The fourth-order valence-corrected chi connectivity index (χ4v) is 2.72. The summed E-state index contributed by atoms with van der Waals surface area (Å²) in [5.74, 6) is 0. The van der Waals surface area contributed by atoms with Gasteiger partial charge in [0, 0.05) is 33.0 Å². The van der Waals surface area contributed by atoms with Crippen LogP contribution in [0.2, 0.25) is 0 Å². The summed E-state index contributed by atoms with van der Waals surface area (Å²) in [4.78, 5) is 0. The molecule has 1 aliphatic rings. The third kappa shape index (κ3) is 3.56. The van der Waals surface area contributed by atoms with Crippen molar-refractivity contribution in [1.82, 2.24) is 15.1 Å². The third-order valence-electron chi connectivity index (χ3n) is 4.01. The summed E-state index contributed by atoms with van der Waals surface area (Å²) in [6.07, 6.45) is 8.83. The maximum atomic E-state index is 5.52. The van der Waals surface area contributed by atoms with Gasteiger partial charge in [0.1, 0.15) is 0 Å². The Kier molecular flexibility index (Phi) is 4.78. The van der Waals surface area contributed by atoms with Gasteiger partial charge in [0.05, 0.1) is 6.20 Å². The molecule has 102 valence electrons. The highest BCUT2D eigenvalue weighted by Crippen LogP contribution is 2.34. The zero-order chi connectivity index (χ0) is 12.8. The normalized spacial score (nSPS) is 19.0. The Hall–Kier alpha value is -0.870. The zero-order valence-electron chi connectivity index (χ0n) is 11.6. The van der Waals surface area contributed by atoms with Gasteiger partial charge in [0.15, 0.2) is 0 Å². The molecule has 0 unspecified atom stereocenters. The number of nitrogens with zero attached hydrogens (tertiary/aromatic N) is 2. The van der Waals surface area contributed by atoms with Gasteiger partial charge in [-0.3, -0.25) is 4.68 Å². The van der Waals surface area contributed by atoms with Crippen LogP contribution in [0.4, 0.5) is 0 Å². The molecule has 18 heavy (non-hydrogen) atoms. The first-order chi connectivity index (χ1) is 8.74. The molecule has 0 aromatic carbocycles. The lowest BCUT2D eigenvalue weighted by molar-refractivity contribution is 0.0108. The highest BCUT2D eigenvalue weighted by molar-refractivity contribution is 5.05. The van der Waals surface area contributed by atoms with E-state index in [9.17, 15) is 0 Å². The second-order valence-electron chi connectivity index (χ2n) is 5.41. The second kappa shape index (κ2) is 6.34. The molecule has 1 aromatic rings. The molecular formula is C14H25N3O. The van der Waals surface area contributed by atoms with E-state index in [1.54, 1.807) is 0 Å². The van der Waals surface area contributed by atoms with E-state index >= 15 is 0 Å². The Morgan fingerprint density at radius 1 is 1.44 bits per heavy atom. The van der Waals surface area contributed by atoms with Crippen LogP contribution in [0.1, 0.15) is 31.7 Å². The van der Waals surface area contributed by atoms with E-state index in [1.807, 2.05) is 17.9 Å². The van der Waals surface area contributed by atoms with Crippen molar-refractivity contribution in [3.8, 4) is 0 Å². The summed E-state index contributed by atoms with van der Waals surface area (Å²) in [5.41, 5.74) is 1.77. The van der Waals surface area contributed by atoms with Crippen LogP contribution in [0.3, 0.4) is 0 Å². The number of aryl methyl sites for hydroxylation is 2. The summed E-state index contributed by atoms with van der Waals surface area (Å²) in [7, 11) is 1.98. The molecule has 2 rings (SSSR count). The van der Waals surface area contributed by atoms with Gasteiger partial charge < -0.3 is 10.1 Å². The monoisotopic (exact) mass is 251 g/mol. The van der Waals surface area contributed by atoms with Crippen molar-refractivity contribution >= 4 is 0 Å². The van der Waals surface area contributed by atoms with Crippen LogP contribution in [0.15, 0.2) is 12.4 Å². The van der Waals surface area contributed by atoms with Gasteiger partial charge >= 0.3 is 0 Å². The fraction of sp³-hybridized carbons (Fsp3) is 0.786. The van der Waals surface area contributed by atoms with E-state index in [1.165, 1.54) is 24.8 Å². The topological polar surface area (TPSA) is 39.1 Å². The van der Waals surface area contributed by atoms with Gasteiger partial charge in [-0.2, -0.15) is 5.10 Å². The Morgan fingerprint density at radius 3 is 2.83 bits per heavy atom. The molecule has 4 heteroatoms. The van der Waals surface area contributed by atoms with Crippen molar-refractivity contribution in [2.24, 2.45) is 12.5 Å². The average Bonchev–Trinajstić information content (AvgIpc) is 2.81. The summed E-state index contributed by atoms with van der Waals surface area (Å²) in [6, 6.07) is 0. The summed E-state index contributed by atoms with van der Waals surface area (Å²) >= 11 is 0. The first kappa shape index (κ1) is 13.6. The van der Waals surface area contributed by atoms with Crippen LogP contribution in [0.25, 0.3) is 0 Å². The van der Waals surface area contributed by atoms with E-state index in [2.05, 4.69) is 23.5 Å². The standard InChI is InChI=1S/C14H25N3O/c1-3-15-12-14(6-8-18-9-7-14)5-4-13-10-16-17(2)11-13/h10-11,15H,3-9,12H2,1-2H3. The summed E-state index contributed by atoms with van der Waals surface area (Å²) in [5, 5.41) is 7.77. The summed E-state index contributed by atoms with van der Waals surface area (Å²) < 4.78 is 7.40. The molecule has 0 bridgehead atoms. The fourth-order valence-electron chi connectivity index (χ4n) is 2.72. The lowest BCUT2D eigenvalue weighted by Crippen LogP contribution is -2.39. The quantitative estimate of drug-likeness (QED) is 0.837. The van der Waals surface area contributed by atoms with Crippen molar-refractivity contribution < 1.29 is 4.74 Å². The number of ether oxygens (including phenoxy) is 1. The van der Waals surface area contributed by atoms with Gasteiger partial charge in [0.2, 0.25) is 0 Å². The largest absolute Gasteiger partial charge is 0.381 e. The van der Waals surface area contributed by atoms with Crippen molar-refractivity contribution in [3.05, 3.63) is 18.0 Å². The maximum Gasteiger partial charge on any atom is 0.0521 e. The molecule has 1 fully saturated rings. The smallest absolute Gasteiger partial charge is 0.0521 e. The zero-order valence-corrected chi connectivity index (χ0v) is 11.6. The second-order valence-corrected chi connectivity index (χ2v) is 5.41. The highest BCUT2D eigenvalue weighted by Gasteiger charge is 2.31. The Morgan fingerprint density at radius 2 is 2.22 bits per heavy atom. The van der Waals surface area contributed by atoms with Gasteiger partial charge in [0.25, 0.3) is 0 Å². The van der Waals surface area contributed by atoms with Crippen LogP contribution in [0, 0.1) is 5.41 Å². The van der Waals surface area contributed by atoms with Crippen LogP contribution in [0.5, 0.6) is 0 Å². The predicted octanol–water partition coefficient (Wildman–Crippen LogP) is 1.76. The van der Waals surface area contributed by atoms with Crippen molar-refractivity contribution in [3.63, 3.8) is 0 Å². The van der Waals surface area contributed by atoms with E-state index in [0.29, 0.717) is 5.41 Å². The molecule has 0 aliphatic carbocycles. The highest BCUT2D eigenvalue weighted by atomic mass is 16.5. The van der Waals surface area contributed by atoms with Crippen LogP contribution < -0.4 is 5.32 Å². The molecule has 0 radical (unpaired) electrons. The molecule has 0 amide bonds. The molecule has 4 nitrogen and oxygen atoms in total.